The fourth-order valence-corrected chi connectivity index (χ4v) is 3.27. The van der Waals surface area contributed by atoms with Gasteiger partial charge in [-0.3, -0.25) is 0 Å². The molecule has 0 spiro atoms. The zero-order valence-electron chi connectivity index (χ0n) is 13.9. The van der Waals surface area contributed by atoms with Gasteiger partial charge in [0.15, 0.2) is 6.29 Å². The van der Waals surface area contributed by atoms with Crippen LogP contribution < -0.4 is 4.72 Å². The van der Waals surface area contributed by atoms with Gasteiger partial charge in [-0.15, -0.1) is 0 Å². The Labute approximate surface area is 143 Å². The van der Waals surface area contributed by atoms with E-state index in [2.05, 4.69) is 4.72 Å². The Balaban J connectivity index is 2.06. The lowest BCUT2D eigenvalue weighted by Gasteiger charge is -2.17. The predicted octanol–water partition coefficient (Wildman–Crippen LogP) is 3.03. The van der Waals surface area contributed by atoms with Crippen LogP contribution in [-0.4, -0.2) is 34.5 Å². The maximum Gasteiger partial charge on any atom is 0.240 e. The highest BCUT2D eigenvalue weighted by Crippen LogP contribution is 2.20. The van der Waals surface area contributed by atoms with Gasteiger partial charge in [0.05, 0.1) is 11.4 Å². The first-order chi connectivity index (χ1) is 11.6. The number of sulfonamides is 1. The molecular weight excluding hydrogens is 326 g/mol. The molecule has 0 aliphatic rings. The molecule has 0 aliphatic carbocycles. The molecular formula is C18H23NO4S. The maximum absolute atomic E-state index is 12.4. The number of ether oxygens (including phenoxy) is 2. The lowest BCUT2D eigenvalue weighted by atomic mass is 10.1. The van der Waals surface area contributed by atoms with Gasteiger partial charge in [-0.2, -0.15) is 0 Å². The third-order valence-electron chi connectivity index (χ3n) is 3.42. The van der Waals surface area contributed by atoms with Gasteiger partial charge in [0.2, 0.25) is 10.0 Å². The van der Waals surface area contributed by atoms with Crippen LogP contribution in [0.25, 0.3) is 11.1 Å². The molecule has 0 bridgehead atoms. The molecule has 0 amide bonds. The van der Waals surface area contributed by atoms with Gasteiger partial charge in [-0.1, -0.05) is 42.5 Å². The second kappa shape index (κ2) is 8.94. The van der Waals surface area contributed by atoms with E-state index in [9.17, 15) is 8.42 Å². The minimum Gasteiger partial charge on any atom is -0.352 e. The van der Waals surface area contributed by atoms with Crippen molar-refractivity contribution < 1.29 is 17.9 Å². The highest BCUT2D eigenvalue weighted by molar-refractivity contribution is 7.89. The molecule has 2 rings (SSSR count). The third kappa shape index (κ3) is 5.14. The summed E-state index contributed by atoms with van der Waals surface area (Å²) in [6.07, 6.45) is -0.585. The van der Waals surface area contributed by atoms with Crippen molar-refractivity contribution in [1.82, 2.24) is 4.72 Å². The van der Waals surface area contributed by atoms with Crippen LogP contribution >= 0.6 is 0 Å². The molecule has 0 unspecified atom stereocenters. The minimum atomic E-state index is -3.60. The SMILES string of the molecule is CCOC(CNS(=O)(=O)c1ccc(-c2ccccc2)cc1)OCC. The molecule has 0 radical (unpaired) electrons. The van der Waals surface area contributed by atoms with Crippen LogP contribution in [0.15, 0.2) is 59.5 Å². The van der Waals surface area contributed by atoms with Crippen molar-refractivity contribution in [3.05, 3.63) is 54.6 Å². The smallest absolute Gasteiger partial charge is 0.240 e. The van der Waals surface area contributed by atoms with E-state index in [1.807, 2.05) is 44.2 Å². The fourth-order valence-electron chi connectivity index (χ4n) is 2.26. The molecule has 0 atom stereocenters. The Hall–Kier alpha value is -1.73. The van der Waals surface area contributed by atoms with E-state index >= 15 is 0 Å². The van der Waals surface area contributed by atoms with Gasteiger partial charge in [-0.05, 0) is 37.1 Å². The second-order valence-corrected chi connectivity index (χ2v) is 6.85. The summed E-state index contributed by atoms with van der Waals surface area (Å²) >= 11 is 0. The normalized spacial score (nSPS) is 11.8. The van der Waals surface area contributed by atoms with E-state index in [1.165, 1.54) is 0 Å². The van der Waals surface area contributed by atoms with Crippen molar-refractivity contribution >= 4 is 10.0 Å². The average molecular weight is 349 g/mol. The molecule has 5 nitrogen and oxygen atoms in total. The molecule has 24 heavy (non-hydrogen) atoms. The second-order valence-electron chi connectivity index (χ2n) is 5.08. The van der Waals surface area contributed by atoms with E-state index < -0.39 is 16.3 Å². The summed E-state index contributed by atoms with van der Waals surface area (Å²) in [5.74, 6) is 0. The van der Waals surface area contributed by atoms with E-state index in [0.717, 1.165) is 11.1 Å². The molecule has 2 aromatic rings. The Morgan fingerprint density at radius 2 is 1.42 bits per heavy atom. The predicted molar refractivity (Wildman–Crippen MR) is 94.1 cm³/mol. The minimum absolute atomic E-state index is 0.0739. The van der Waals surface area contributed by atoms with Crippen LogP contribution in [0.2, 0.25) is 0 Å². The van der Waals surface area contributed by atoms with Crippen molar-refractivity contribution in [1.29, 1.82) is 0 Å². The monoisotopic (exact) mass is 349 g/mol. The summed E-state index contributed by atoms with van der Waals surface area (Å²) < 4.78 is 38.0. The molecule has 0 fully saturated rings. The van der Waals surface area contributed by atoms with Crippen molar-refractivity contribution in [3.8, 4) is 11.1 Å². The summed E-state index contributed by atoms with van der Waals surface area (Å²) in [5, 5.41) is 0. The van der Waals surface area contributed by atoms with Crippen LogP contribution in [0.4, 0.5) is 0 Å². The molecule has 6 heteroatoms. The lowest BCUT2D eigenvalue weighted by Crippen LogP contribution is -2.35. The van der Waals surface area contributed by atoms with Crippen LogP contribution in [0.3, 0.4) is 0 Å². The lowest BCUT2D eigenvalue weighted by molar-refractivity contribution is -0.130. The maximum atomic E-state index is 12.4. The largest absolute Gasteiger partial charge is 0.352 e. The van der Waals surface area contributed by atoms with E-state index in [-0.39, 0.29) is 11.4 Å². The summed E-state index contributed by atoms with van der Waals surface area (Å²) in [7, 11) is -3.60. The van der Waals surface area contributed by atoms with Gasteiger partial charge in [0.1, 0.15) is 0 Å². The van der Waals surface area contributed by atoms with Crippen molar-refractivity contribution in [2.45, 2.75) is 25.0 Å². The topological polar surface area (TPSA) is 64.6 Å². The van der Waals surface area contributed by atoms with Crippen LogP contribution in [0.1, 0.15) is 13.8 Å². The average Bonchev–Trinajstić information content (AvgIpc) is 2.61. The van der Waals surface area contributed by atoms with Gasteiger partial charge < -0.3 is 9.47 Å². The summed E-state index contributed by atoms with van der Waals surface area (Å²) in [5.41, 5.74) is 2.01. The first kappa shape index (κ1) is 18.6. The van der Waals surface area contributed by atoms with Gasteiger partial charge in [-0.25, -0.2) is 13.1 Å². The summed E-state index contributed by atoms with van der Waals surface area (Å²) in [6.45, 7) is 4.66. The zero-order chi connectivity index (χ0) is 17.4. The standard InChI is InChI=1S/C18H23NO4S/c1-3-22-18(23-4-2)14-19-24(20,21)17-12-10-16(11-13-17)15-8-6-5-7-9-15/h5-13,18-19H,3-4,14H2,1-2H3. The molecule has 2 aromatic carbocycles. The highest BCUT2D eigenvalue weighted by atomic mass is 32.2. The number of hydrogen-bond acceptors (Lipinski definition) is 4. The Morgan fingerprint density at radius 3 is 1.96 bits per heavy atom. The van der Waals surface area contributed by atoms with Gasteiger partial charge >= 0.3 is 0 Å². The van der Waals surface area contributed by atoms with E-state index in [1.54, 1.807) is 24.3 Å². The molecule has 0 saturated carbocycles. The molecule has 130 valence electrons. The zero-order valence-corrected chi connectivity index (χ0v) is 14.8. The number of rotatable bonds is 9. The van der Waals surface area contributed by atoms with Gasteiger partial charge in [0, 0.05) is 13.2 Å². The summed E-state index contributed by atoms with van der Waals surface area (Å²) in [6, 6.07) is 16.6. The first-order valence-electron chi connectivity index (χ1n) is 7.95. The Kier molecular flexibility index (Phi) is 6.93. The number of hydrogen-bond donors (Lipinski definition) is 1. The van der Waals surface area contributed by atoms with Crippen LogP contribution in [-0.2, 0) is 19.5 Å². The highest BCUT2D eigenvalue weighted by Gasteiger charge is 2.17. The van der Waals surface area contributed by atoms with Gasteiger partial charge in [0.25, 0.3) is 0 Å². The third-order valence-corrected chi connectivity index (χ3v) is 4.86. The summed E-state index contributed by atoms with van der Waals surface area (Å²) in [4.78, 5) is 0.217. The van der Waals surface area contributed by atoms with E-state index in [4.69, 9.17) is 9.47 Å². The molecule has 1 N–H and O–H groups in total. The Morgan fingerprint density at radius 1 is 0.875 bits per heavy atom. The quantitative estimate of drug-likeness (QED) is 0.707. The number of nitrogens with one attached hydrogen (secondary N) is 1. The molecule has 0 heterocycles. The number of benzene rings is 2. The first-order valence-corrected chi connectivity index (χ1v) is 9.43. The fraction of sp³-hybridized carbons (Fsp3) is 0.333. The van der Waals surface area contributed by atoms with Crippen molar-refractivity contribution in [2.24, 2.45) is 0 Å². The van der Waals surface area contributed by atoms with Crippen LogP contribution in [0, 0.1) is 0 Å². The van der Waals surface area contributed by atoms with Crippen molar-refractivity contribution in [3.63, 3.8) is 0 Å². The Bertz CT molecular complexity index is 708. The molecule has 0 aromatic heterocycles. The van der Waals surface area contributed by atoms with Crippen molar-refractivity contribution in [2.75, 3.05) is 19.8 Å². The van der Waals surface area contributed by atoms with E-state index in [0.29, 0.717) is 13.2 Å². The molecule has 0 aliphatic heterocycles. The van der Waals surface area contributed by atoms with Crippen LogP contribution in [0.5, 0.6) is 0 Å². The molecule has 0 saturated heterocycles.